The van der Waals surface area contributed by atoms with Crippen molar-refractivity contribution in [1.82, 2.24) is 10.2 Å². The fourth-order valence-electron chi connectivity index (χ4n) is 2.58. The zero-order valence-corrected chi connectivity index (χ0v) is 16.9. The number of benzene rings is 1. The van der Waals surface area contributed by atoms with E-state index in [9.17, 15) is 18.8 Å². The minimum absolute atomic E-state index is 0.112. The summed E-state index contributed by atoms with van der Waals surface area (Å²) in [6.45, 7) is 2.01. The molecule has 1 saturated heterocycles. The van der Waals surface area contributed by atoms with Crippen LogP contribution in [0.3, 0.4) is 0 Å². The molecule has 6 nitrogen and oxygen atoms in total. The SMILES string of the molecule is CC(C(=O)NCCCCCC(=O)O)N1C(=O)/C(=C/c2ccc(F)cc2)SC1=S. The number of hydrogen-bond acceptors (Lipinski definition) is 5. The Bertz CT molecular complexity index is 796. The standard InChI is InChI=1S/C19H21FN2O4S2/c1-12(17(25)21-10-4-2-3-5-16(23)24)22-18(26)15(28-19(22)27)11-13-6-8-14(20)9-7-13/h6-9,11-12H,2-5,10H2,1H3,(H,21,25)(H,23,24)/b15-11-. The molecular formula is C19H21FN2O4S2. The Balaban J connectivity index is 1.90. The Morgan fingerprint density at radius 1 is 1.29 bits per heavy atom. The highest BCUT2D eigenvalue weighted by molar-refractivity contribution is 8.26. The number of carboxylic acid groups (broad SMARTS) is 1. The van der Waals surface area contributed by atoms with E-state index in [0.717, 1.165) is 11.8 Å². The predicted octanol–water partition coefficient (Wildman–Crippen LogP) is 3.18. The van der Waals surface area contributed by atoms with Gasteiger partial charge in [0.1, 0.15) is 16.2 Å². The van der Waals surface area contributed by atoms with Gasteiger partial charge < -0.3 is 10.4 Å². The molecule has 0 saturated carbocycles. The molecule has 1 atom stereocenters. The second-order valence-corrected chi connectivity index (χ2v) is 7.95. The molecule has 0 aliphatic carbocycles. The molecule has 28 heavy (non-hydrogen) atoms. The molecule has 0 radical (unpaired) electrons. The molecule has 0 aromatic heterocycles. The maximum atomic E-state index is 13.0. The molecule has 0 bridgehead atoms. The number of aliphatic carboxylic acids is 1. The van der Waals surface area contributed by atoms with Crippen molar-refractivity contribution in [3.8, 4) is 0 Å². The molecule has 9 heteroatoms. The first-order chi connectivity index (χ1) is 13.3. The van der Waals surface area contributed by atoms with Gasteiger partial charge in [0.25, 0.3) is 5.91 Å². The average Bonchev–Trinajstić information content (AvgIpc) is 2.92. The number of carbonyl (C=O) groups is 3. The van der Waals surface area contributed by atoms with Gasteiger partial charge in [-0.05, 0) is 43.5 Å². The van der Waals surface area contributed by atoms with Crippen molar-refractivity contribution >= 4 is 52.2 Å². The number of amides is 2. The van der Waals surface area contributed by atoms with Crippen LogP contribution < -0.4 is 5.32 Å². The first-order valence-corrected chi connectivity index (χ1v) is 10.0. The summed E-state index contributed by atoms with van der Waals surface area (Å²) in [5.74, 6) is -1.88. The highest BCUT2D eigenvalue weighted by Gasteiger charge is 2.38. The molecule has 0 spiro atoms. The molecule has 1 aromatic carbocycles. The summed E-state index contributed by atoms with van der Waals surface area (Å²) in [6, 6.07) is 4.97. The number of carbonyl (C=O) groups excluding carboxylic acids is 2. The maximum absolute atomic E-state index is 13.0. The van der Waals surface area contributed by atoms with Crippen molar-refractivity contribution in [2.45, 2.75) is 38.6 Å². The molecular weight excluding hydrogens is 403 g/mol. The van der Waals surface area contributed by atoms with Crippen LogP contribution in [0.2, 0.25) is 0 Å². The number of thioether (sulfide) groups is 1. The zero-order chi connectivity index (χ0) is 20.7. The number of thiocarbonyl (C=S) groups is 1. The topological polar surface area (TPSA) is 86.7 Å². The second kappa shape index (κ2) is 10.3. The Hall–Kier alpha value is -2.26. The minimum Gasteiger partial charge on any atom is -0.481 e. The first-order valence-electron chi connectivity index (χ1n) is 8.81. The Kier molecular flexibility index (Phi) is 8.13. The highest BCUT2D eigenvalue weighted by atomic mass is 32.2. The molecule has 1 heterocycles. The van der Waals surface area contributed by atoms with Crippen LogP contribution in [-0.4, -0.2) is 44.7 Å². The van der Waals surface area contributed by atoms with Gasteiger partial charge in [-0.25, -0.2) is 4.39 Å². The van der Waals surface area contributed by atoms with Gasteiger partial charge in [-0.1, -0.05) is 42.5 Å². The predicted molar refractivity (Wildman–Crippen MR) is 110 cm³/mol. The summed E-state index contributed by atoms with van der Waals surface area (Å²) in [6.07, 6.45) is 3.65. The molecule has 1 aromatic rings. The first kappa shape index (κ1) is 22.0. The molecule has 2 rings (SSSR count). The van der Waals surface area contributed by atoms with Crippen molar-refractivity contribution in [2.24, 2.45) is 0 Å². The van der Waals surface area contributed by atoms with Gasteiger partial charge in [-0.3, -0.25) is 19.3 Å². The zero-order valence-electron chi connectivity index (χ0n) is 15.3. The van der Waals surface area contributed by atoms with Crippen molar-refractivity contribution in [3.05, 3.63) is 40.6 Å². The van der Waals surface area contributed by atoms with Crippen LogP contribution in [0, 0.1) is 5.82 Å². The number of hydrogen-bond donors (Lipinski definition) is 2. The summed E-state index contributed by atoms with van der Waals surface area (Å²) >= 11 is 6.36. The Morgan fingerprint density at radius 3 is 2.61 bits per heavy atom. The van der Waals surface area contributed by atoms with Gasteiger partial charge in [0.2, 0.25) is 5.91 Å². The summed E-state index contributed by atoms with van der Waals surface area (Å²) in [5, 5.41) is 11.3. The van der Waals surface area contributed by atoms with Crippen molar-refractivity contribution < 1.29 is 23.9 Å². The molecule has 1 fully saturated rings. The van der Waals surface area contributed by atoms with Crippen molar-refractivity contribution in [2.75, 3.05) is 6.54 Å². The number of carboxylic acids is 1. The third kappa shape index (κ3) is 6.13. The van der Waals surface area contributed by atoms with E-state index < -0.39 is 12.0 Å². The summed E-state index contributed by atoms with van der Waals surface area (Å²) < 4.78 is 13.3. The van der Waals surface area contributed by atoms with Crippen molar-refractivity contribution in [1.29, 1.82) is 0 Å². The number of rotatable bonds is 9. The average molecular weight is 425 g/mol. The Labute approximate surface area is 172 Å². The van der Waals surface area contributed by atoms with Crippen LogP contribution in [0.5, 0.6) is 0 Å². The van der Waals surface area contributed by atoms with Gasteiger partial charge in [-0.15, -0.1) is 0 Å². The quantitative estimate of drug-likeness (QED) is 0.360. The fourth-order valence-corrected chi connectivity index (χ4v) is 4.00. The molecule has 2 amide bonds. The van der Waals surface area contributed by atoms with E-state index >= 15 is 0 Å². The maximum Gasteiger partial charge on any atom is 0.303 e. The third-order valence-electron chi connectivity index (χ3n) is 4.12. The second-order valence-electron chi connectivity index (χ2n) is 6.27. The van der Waals surface area contributed by atoms with E-state index in [1.54, 1.807) is 25.1 Å². The molecule has 1 aliphatic heterocycles. The van der Waals surface area contributed by atoms with Crippen LogP contribution in [-0.2, 0) is 14.4 Å². The van der Waals surface area contributed by atoms with Crippen LogP contribution in [0.15, 0.2) is 29.2 Å². The summed E-state index contributed by atoms with van der Waals surface area (Å²) in [5.41, 5.74) is 0.667. The normalized spacial score (nSPS) is 16.5. The summed E-state index contributed by atoms with van der Waals surface area (Å²) in [4.78, 5) is 37.1. The van der Waals surface area contributed by atoms with Crippen LogP contribution in [0.1, 0.15) is 38.2 Å². The van der Waals surface area contributed by atoms with E-state index in [0.29, 0.717) is 40.6 Å². The summed E-state index contributed by atoms with van der Waals surface area (Å²) in [7, 11) is 0. The lowest BCUT2D eigenvalue weighted by molar-refractivity contribution is -0.137. The third-order valence-corrected chi connectivity index (χ3v) is 5.46. The van der Waals surface area contributed by atoms with E-state index in [1.165, 1.54) is 17.0 Å². The van der Waals surface area contributed by atoms with E-state index in [2.05, 4.69) is 5.32 Å². The van der Waals surface area contributed by atoms with E-state index in [4.69, 9.17) is 17.3 Å². The van der Waals surface area contributed by atoms with Gasteiger partial charge in [0.15, 0.2) is 0 Å². The number of unbranched alkanes of at least 4 members (excludes halogenated alkanes) is 2. The van der Waals surface area contributed by atoms with E-state index in [-0.39, 0.29) is 24.1 Å². The smallest absolute Gasteiger partial charge is 0.303 e. The monoisotopic (exact) mass is 424 g/mol. The largest absolute Gasteiger partial charge is 0.481 e. The van der Waals surface area contributed by atoms with Crippen molar-refractivity contribution in [3.63, 3.8) is 0 Å². The molecule has 150 valence electrons. The van der Waals surface area contributed by atoms with Gasteiger partial charge >= 0.3 is 5.97 Å². The number of nitrogens with one attached hydrogen (secondary N) is 1. The molecule has 1 unspecified atom stereocenters. The molecule has 2 N–H and O–H groups in total. The van der Waals surface area contributed by atoms with Gasteiger partial charge in [0, 0.05) is 13.0 Å². The lowest BCUT2D eigenvalue weighted by Crippen LogP contribution is -2.47. The van der Waals surface area contributed by atoms with Crippen LogP contribution in [0.25, 0.3) is 6.08 Å². The number of halogens is 1. The minimum atomic E-state index is -0.833. The van der Waals surface area contributed by atoms with Gasteiger partial charge in [0.05, 0.1) is 4.91 Å². The lowest BCUT2D eigenvalue weighted by atomic mass is 10.2. The number of nitrogens with zero attached hydrogens (tertiary/aromatic N) is 1. The Morgan fingerprint density at radius 2 is 1.96 bits per heavy atom. The van der Waals surface area contributed by atoms with Crippen LogP contribution in [0.4, 0.5) is 4.39 Å². The molecule has 1 aliphatic rings. The van der Waals surface area contributed by atoms with Gasteiger partial charge in [-0.2, -0.15) is 0 Å². The fraction of sp³-hybridized carbons (Fsp3) is 0.368. The lowest BCUT2D eigenvalue weighted by Gasteiger charge is -2.22. The van der Waals surface area contributed by atoms with E-state index in [1.807, 2.05) is 0 Å². The highest BCUT2D eigenvalue weighted by Crippen LogP contribution is 2.34. The van der Waals surface area contributed by atoms with Crippen LogP contribution >= 0.6 is 24.0 Å².